The number of nitrogens with zero attached hydrogens (tertiary/aromatic N) is 3. The van der Waals surface area contributed by atoms with Crippen molar-refractivity contribution in [3.63, 3.8) is 0 Å². The first-order valence-electron chi connectivity index (χ1n) is 7.21. The highest BCUT2D eigenvalue weighted by molar-refractivity contribution is 5.68. The van der Waals surface area contributed by atoms with Gasteiger partial charge in [0.25, 0.3) is 0 Å². The van der Waals surface area contributed by atoms with Gasteiger partial charge in [-0.2, -0.15) is 0 Å². The van der Waals surface area contributed by atoms with Crippen LogP contribution in [-0.2, 0) is 4.74 Å². The molecule has 0 spiro atoms. The molecule has 1 aromatic rings. The first-order chi connectivity index (χ1) is 9.76. The first-order valence-corrected chi connectivity index (χ1v) is 7.21. The van der Waals surface area contributed by atoms with Gasteiger partial charge in [0.15, 0.2) is 0 Å². The Balaban J connectivity index is 1.94. The number of anilines is 2. The fourth-order valence-corrected chi connectivity index (χ4v) is 2.17. The molecule has 2 heterocycles. The summed E-state index contributed by atoms with van der Waals surface area (Å²) in [6.07, 6.45) is 1.44. The van der Waals surface area contributed by atoms with E-state index in [1.54, 1.807) is 11.1 Å². The summed E-state index contributed by atoms with van der Waals surface area (Å²) in [5.41, 5.74) is 7.06. The Morgan fingerprint density at radius 3 is 2.43 bits per heavy atom. The van der Waals surface area contributed by atoms with Crippen molar-refractivity contribution in [1.29, 1.82) is 0 Å². The molecule has 1 amide bonds. The summed E-state index contributed by atoms with van der Waals surface area (Å²) in [7, 11) is 0. The Morgan fingerprint density at radius 2 is 1.90 bits per heavy atom. The summed E-state index contributed by atoms with van der Waals surface area (Å²) in [6.45, 7) is 10.4. The number of pyridine rings is 1. The lowest BCUT2D eigenvalue weighted by atomic mass is 10.2. The molecule has 2 rings (SSSR count). The molecule has 0 aromatic carbocycles. The van der Waals surface area contributed by atoms with E-state index >= 15 is 0 Å². The lowest BCUT2D eigenvalue weighted by Gasteiger charge is -2.36. The molecule has 1 aromatic heterocycles. The van der Waals surface area contributed by atoms with Crippen molar-refractivity contribution in [2.24, 2.45) is 0 Å². The van der Waals surface area contributed by atoms with Crippen molar-refractivity contribution in [1.82, 2.24) is 9.88 Å². The minimum Gasteiger partial charge on any atom is -0.444 e. The maximum atomic E-state index is 12.0. The maximum Gasteiger partial charge on any atom is 0.410 e. The van der Waals surface area contributed by atoms with Crippen molar-refractivity contribution in [2.45, 2.75) is 33.3 Å². The Labute approximate surface area is 125 Å². The van der Waals surface area contributed by atoms with Gasteiger partial charge in [-0.1, -0.05) is 0 Å². The number of piperazine rings is 1. The molecule has 0 saturated carbocycles. The molecule has 1 aliphatic heterocycles. The molecule has 1 saturated heterocycles. The Kier molecular flexibility index (Phi) is 4.25. The van der Waals surface area contributed by atoms with Crippen LogP contribution in [-0.4, -0.2) is 47.8 Å². The zero-order chi connectivity index (χ0) is 15.6. The lowest BCUT2D eigenvalue weighted by molar-refractivity contribution is 0.0240. The molecule has 0 atom stereocenters. The topological polar surface area (TPSA) is 71.7 Å². The third kappa shape index (κ3) is 4.00. The number of aromatic nitrogens is 1. The SMILES string of the molecule is Cc1cc(N2CCN(C(=O)OC(C)(C)C)CC2)ncc1N. The highest BCUT2D eigenvalue weighted by Crippen LogP contribution is 2.19. The predicted molar refractivity (Wildman–Crippen MR) is 83.4 cm³/mol. The maximum absolute atomic E-state index is 12.0. The number of hydrogen-bond acceptors (Lipinski definition) is 5. The molecule has 2 N–H and O–H groups in total. The van der Waals surface area contributed by atoms with Crippen LogP contribution >= 0.6 is 0 Å². The summed E-state index contributed by atoms with van der Waals surface area (Å²) in [4.78, 5) is 20.3. The molecule has 6 nitrogen and oxygen atoms in total. The molecule has 0 aliphatic carbocycles. The predicted octanol–water partition coefficient (Wildman–Crippen LogP) is 2.03. The van der Waals surface area contributed by atoms with Crippen LogP contribution in [0.25, 0.3) is 0 Å². The fourth-order valence-electron chi connectivity index (χ4n) is 2.17. The second-order valence-electron chi connectivity index (χ2n) is 6.35. The molecule has 0 radical (unpaired) electrons. The van der Waals surface area contributed by atoms with E-state index in [9.17, 15) is 4.79 Å². The number of carbonyl (C=O) groups is 1. The third-order valence-electron chi connectivity index (χ3n) is 3.39. The minimum absolute atomic E-state index is 0.247. The molecule has 116 valence electrons. The molecule has 0 bridgehead atoms. The van der Waals surface area contributed by atoms with Gasteiger partial charge in [-0.15, -0.1) is 0 Å². The number of hydrogen-bond donors (Lipinski definition) is 1. The summed E-state index contributed by atoms with van der Waals surface area (Å²) >= 11 is 0. The van der Waals surface area contributed by atoms with Crippen LogP contribution in [0.15, 0.2) is 12.3 Å². The van der Waals surface area contributed by atoms with Gasteiger partial charge in [-0.25, -0.2) is 9.78 Å². The second kappa shape index (κ2) is 5.79. The van der Waals surface area contributed by atoms with Gasteiger partial charge in [0.1, 0.15) is 11.4 Å². The van der Waals surface area contributed by atoms with Crippen LogP contribution in [0.1, 0.15) is 26.3 Å². The van der Waals surface area contributed by atoms with E-state index in [2.05, 4.69) is 9.88 Å². The fraction of sp³-hybridized carbons (Fsp3) is 0.600. The molecular weight excluding hydrogens is 268 g/mol. The molecule has 1 aliphatic rings. The molecule has 21 heavy (non-hydrogen) atoms. The highest BCUT2D eigenvalue weighted by atomic mass is 16.6. The number of nitrogen functional groups attached to an aromatic ring is 1. The number of aryl methyl sites for hydroxylation is 1. The largest absolute Gasteiger partial charge is 0.444 e. The lowest BCUT2D eigenvalue weighted by Crippen LogP contribution is -2.50. The van der Waals surface area contributed by atoms with Gasteiger partial charge in [0, 0.05) is 26.2 Å². The summed E-state index contributed by atoms with van der Waals surface area (Å²) < 4.78 is 5.39. The zero-order valence-corrected chi connectivity index (χ0v) is 13.2. The van der Waals surface area contributed by atoms with E-state index in [-0.39, 0.29) is 6.09 Å². The third-order valence-corrected chi connectivity index (χ3v) is 3.39. The van der Waals surface area contributed by atoms with Gasteiger partial charge >= 0.3 is 6.09 Å². The van der Waals surface area contributed by atoms with E-state index in [1.165, 1.54) is 0 Å². The summed E-state index contributed by atoms with van der Waals surface area (Å²) in [5.74, 6) is 0.908. The van der Waals surface area contributed by atoms with E-state index < -0.39 is 5.60 Å². The number of ether oxygens (including phenoxy) is 1. The van der Waals surface area contributed by atoms with Gasteiger partial charge in [0.05, 0.1) is 11.9 Å². The first kappa shape index (κ1) is 15.4. The van der Waals surface area contributed by atoms with Crippen LogP contribution < -0.4 is 10.6 Å². The zero-order valence-electron chi connectivity index (χ0n) is 13.2. The van der Waals surface area contributed by atoms with E-state index in [0.29, 0.717) is 18.8 Å². The smallest absolute Gasteiger partial charge is 0.410 e. The number of amides is 1. The van der Waals surface area contributed by atoms with Crippen molar-refractivity contribution < 1.29 is 9.53 Å². The number of rotatable bonds is 1. The van der Waals surface area contributed by atoms with Crippen LogP contribution in [0, 0.1) is 6.92 Å². The van der Waals surface area contributed by atoms with Crippen molar-refractivity contribution >= 4 is 17.6 Å². The Morgan fingerprint density at radius 1 is 1.29 bits per heavy atom. The standard InChI is InChI=1S/C15H24N4O2/c1-11-9-13(17-10-12(11)16)18-5-7-19(8-6-18)14(20)21-15(2,3)4/h9-10H,5-8,16H2,1-4H3. The Hall–Kier alpha value is -1.98. The van der Waals surface area contributed by atoms with Crippen molar-refractivity contribution in [3.8, 4) is 0 Å². The average Bonchev–Trinajstić information content (AvgIpc) is 2.40. The minimum atomic E-state index is -0.455. The van der Waals surface area contributed by atoms with Crippen LogP contribution in [0.5, 0.6) is 0 Å². The van der Waals surface area contributed by atoms with Gasteiger partial charge < -0.3 is 20.3 Å². The van der Waals surface area contributed by atoms with Gasteiger partial charge in [-0.3, -0.25) is 0 Å². The monoisotopic (exact) mass is 292 g/mol. The molecule has 1 fully saturated rings. The van der Waals surface area contributed by atoms with E-state index in [4.69, 9.17) is 10.5 Å². The Bertz CT molecular complexity index is 517. The number of carbonyl (C=O) groups excluding carboxylic acids is 1. The van der Waals surface area contributed by atoms with E-state index in [0.717, 1.165) is 24.5 Å². The van der Waals surface area contributed by atoms with Crippen molar-refractivity contribution in [2.75, 3.05) is 36.8 Å². The summed E-state index contributed by atoms with van der Waals surface area (Å²) in [5, 5.41) is 0. The van der Waals surface area contributed by atoms with E-state index in [1.807, 2.05) is 33.8 Å². The average molecular weight is 292 g/mol. The highest BCUT2D eigenvalue weighted by Gasteiger charge is 2.26. The van der Waals surface area contributed by atoms with Crippen molar-refractivity contribution in [3.05, 3.63) is 17.8 Å². The quantitative estimate of drug-likeness (QED) is 0.857. The van der Waals surface area contributed by atoms with Gasteiger partial charge in [0.2, 0.25) is 0 Å². The van der Waals surface area contributed by atoms with Crippen LogP contribution in [0.4, 0.5) is 16.3 Å². The molecule has 6 heteroatoms. The summed E-state index contributed by atoms with van der Waals surface area (Å²) in [6, 6.07) is 1.98. The van der Waals surface area contributed by atoms with Crippen LogP contribution in [0.3, 0.4) is 0 Å². The van der Waals surface area contributed by atoms with Gasteiger partial charge in [-0.05, 0) is 39.3 Å². The van der Waals surface area contributed by atoms with Crippen LogP contribution in [0.2, 0.25) is 0 Å². The number of nitrogens with two attached hydrogens (primary N) is 1. The molecular formula is C15H24N4O2. The molecule has 0 unspecified atom stereocenters. The normalized spacial score (nSPS) is 16.0. The second-order valence-corrected chi connectivity index (χ2v) is 6.35.